The van der Waals surface area contributed by atoms with Gasteiger partial charge < -0.3 is 14.2 Å². The Balaban J connectivity index is 2.46. The Morgan fingerprint density at radius 2 is 1.67 bits per heavy atom. The van der Waals surface area contributed by atoms with Crippen LogP contribution in [0, 0.1) is 5.92 Å². The number of rotatable bonds is 10. The highest BCUT2D eigenvalue weighted by Crippen LogP contribution is 2.17. The largest absolute Gasteiger partial charge is 0.497 e. The van der Waals surface area contributed by atoms with Crippen LogP contribution in [0.15, 0.2) is 24.3 Å². The van der Waals surface area contributed by atoms with E-state index in [1.54, 1.807) is 7.11 Å². The third-order valence-electron chi connectivity index (χ3n) is 3.60. The number of hydrogen-bond donors (Lipinski definition) is 0. The zero-order chi connectivity index (χ0) is 15.7. The van der Waals surface area contributed by atoms with Crippen LogP contribution in [0.3, 0.4) is 0 Å². The van der Waals surface area contributed by atoms with Gasteiger partial charge >= 0.3 is 0 Å². The molecule has 1 aromatic rings. The maximum atomic E-state index is 5.99. The van der Waals surface area contributed by atoms with Crippen LogP contribution in [0.5, 0.6) is 5.75 Å². The van der Waals surface area contributed by atoms with Crippen LogP contribution in [0.25, 0.3) is 0 Å². The average molecular weight is 294 g/mol. The fourth-order valence-corrected chi connectivity index (χ4v) is 2.28. The standard InChI is InChI=1S/C18H30O3/c1-6-7-12-20-18(14(2)3)15(4)21-13-16-8-10-17(19-5)11-9-16/h8-11,14-15,18H,6-7,12-13H2,1-5H3/t15-,18+/m0/s1. The van der Waals surface area contributed by atoms with Crippen molar-refractivity contribution in [2.75, 3.05) is 13.7 Å². The molecule has 3 heteroatoms. The van der Waals surface area contributed by atoms with Crippen molar-refractivity contribution in [1.82, 2.24) is 0 Å². The van der Waals surface area contributed by atoms with Crippen LogP contribution in [0.2, 0.25) is 0 Å². The molecule has 0 unspecified atom stereocenters. The van der Waals surface area contributed by atoms with Crippen molar-refractivity contribution >= 4 is 0 Å². The number of methoxy groups -OCH3 is 1. The van der Waals surface area contributed by atoms with Crippen LogP contribution in [0.4, 0.5) is 0 Å². The van der Waals surface area contributed by atoms with E-state index in [-0.39, 0.29) is 12.2 Å². The third kappa shape index (κ3) is 6.49. The topological polar surface area (TPSA) is 27.7 Å². The van der Waals surface area contributed by atoms with E-state index in [2.05, 4.69) is 27.7 Å². The minimum Gasteiger partial charge on any atom is -0.497 e. The molecule has 0 radical (unpaired) electrons. The molecule has 0 fully saturated rings. The molecule has 120 valence electrons. The van der Waals surface area contributed by atoms with Gasteiger partial charge in [0.2, 0.25) is 0 Å². The third-order valence-corrected chi connectivity index (χ3v) is 3.60. The van der Waals surface area contributed by atoms with Gasteiger partial charge in [0.1, 0.15) is 5.75 Å². The molecule has 21 heavy (non-hydrogen) atoms. The van der Waals surface area contributed by atoms with Crippen molar-refractivity contribution in [2.24, 2.45) is 5.92 Å². The molecule has 1 aromatic carbocycles. The summed E-state index contributed by atoms with van der Waals surface area (Å²) in [4.78, 5) is 0. The second kappa shape index (κ2) is 9.80. The van der Waals surface area contributed by atoms with Crippen molar-refractivity contribution in [2.45, 2.75) is 59.4 Å². The molecular weight excluding hydrogens is 264 g/mol. The summed E-state index contributed by atoms with van der Waals surface area (Å²) in [5.41, 5.74) is 1.15. The molecule has 0 aliphatic rings. The van der Waals surface area contributed by atoms with Crippen LogP contribution in [-0.4, -0.2) is 25.9 Å². The van der Waals surface area contributed by atoms with Gasteiger partial charge in [0.15, 0.2) is 0 Å². The fraction of sp³-hybridized carbons (Fsp3) is 0.667. The number of ether oxygens (including phenoxy) is 3. The predicted molar refractivity (Wildman–Crippen MR) is 86.7 cm³/mol. The Morgan fingerprint density at radius 1 is 1.00 bits per heavy atom. The predicted octanol–water partition coefficient (Wildman–Crippen LogP) is 4.44. The lowest BCUT2D eigenvalue weighted by molar-refractivity contribution is -0.0905. The highest BCUT2D eigenvalue weighted by Gasteiger charge is 2.22. The molecule has 1 rings (SSSR count). The molecule has 0 N–H and O–H groups in total. The van der Waals surface area contributed by atoms with Crippen molar-refractivity contribution < 1.29 is 14.2 Å². The smallest absolute Gasteiger partial charge is 0.118 e. The first-order valence-electron chi connectivity index (χ1n) is 7.94. The summed E-state index contributed by atoms with van der Waals surface area (Å²) in [5, 5.41) is 0. The molecule has 2 atom stereocenters. The van der Waals surface area contributed by atoms with Gasteiger partial charge in [0.25, 0.3) is 0 Å². The van der Waals surface area contributed by atoms with Gasteiger partial charge in [-0.1, -0.05) is 39.3 Å². The molecule has 0 saturated heterocycles. The number of hydrogen-bond acceptors (Lipinski definition) is 3. The zero-order valence-electron chi connectivity index (χ0n) is 14.1. The molecule has 0 aliphatic carbocycles. The highest BCUT2D eigenvalue weighted by molar-refractivity contribution is 5.26. The van der Waals surface area contributed by atoms with Crippen LogP contribution in [0.1, 0.15) is 46.1 Å². The van der Waals surface area contributed by atoms with Gasteiger partial charge in [-0.05, 0) is 37.0 Å². The number of benzene rings is 1. The average Bonchev–Trinajstić information content (AvgIpc) is 2.49. The first-order valence-corrected chi connectivity index (χ1v) is 7.94. The molecular formula is C18H30O3. The lowest BCUT2D eigenvalue weighted by atomic mass is 10.0. The molecule has 0 heterocycles. The molecule has 0 aromatic heterocycles. The minimum atomic E-state index is 0.0870. The van der Waals surface area contributed by atoms with Crippen LogP contribution >= 0.6 is 0 Å². The van der Waals surface area contributed by atoms with Gasteiger partial charge in [-0.25, -0.2) is 0 Å². The van der Waals surface area contributed by atoms with Crippen molar-refractivity contribution in [3.8, 4) is 5.75 Å². The van der Waals surface area contributed by atoms with E-state index < -0.39 is 0 Å². The Hall–Kier alpha value is -1.06. The second-order valence-corrected chi connectivity index (χ2v) is 5.80. The van der Waals surface area contributed by atoms with Gasteiger partial charge in [0, 0.05) is 6.61 Å². The Morgan fingerprint density at radius 3 is 2.19 bits per heavy atom. The normalized spacial score (nSPS) is 14.2. The van der Waals surface area contributed by atoms with E-state index in [9.17, 15) is 0 Å². The summed E-state index contributed by atoms with van der Waals surface area (Å²) in [6, 6.07) is 7.99. The van der Waals surface area contributed by atoms with Crippen molar-refractivity contribution in [3.05, 3.63) is 29.8 Å². The van der Waals surface area contributed by atoms with Gasteiger partial charge in [-0.15, -0.1) is 0 Å². The molecule has 0 aliphatic heterocycles. The van der Waals surface area contributed by atoms with Gasteiger partial charge in [0.05, 0.1) is 25.9 Å². The summed E-state index contributed by atoms with van der Waals surface area (Å²) in [7, 11) is 1.68. The van der Waals surface area contributed by atoms with E-state index in [1.165, 1.54) is 0 Å². The molecule has 0 amide bonds. The monoisotopic (exact) mass is 294 g/mol. The minimum absolute atomic E-state index is 0.0870. The Kier molecular flexibility index (Phi) is 8.40. The molecule has 0 spiro atoms. The van der Waals surface area contributed by atoms with Gasteiger partial charge in [-0.2, -0.15) is 0 Å². The highest BCUT2D eigenvalue weighted by atomic mass is 16.5. The summed E-state index contributed by atoms with van der Waals surface area (Å²) in [6.07, 6.45) is 2.50. The van der Waals surface area contributed by atoms with Crippen LogP contribution in [-0.2, 0) is 16.1 Å². The summed E-state index contributed by atoms with van der Waals surface area (Å²) >= 11 is 0. The van der Waals surface area contributed by atoms with Crippen molar-refractivity contribution in [1.29, 1.82) is 0 Å². The van der Waals surface area contributed by atoms with E-state index >= 15 is 0 Å². The lowest BCUT2D eigenvalue weighted by Gasteiger charge is -2.28. The van der Waals surface area contributed by atoms with Crippen molar-refractivity contribution in [3.63, 3.8) is 0 Å². The SMILES string of the molecule is CCCCO[C@H](C(C)C)[C@H](C)OCc1ccc(OC)cc1. The van der Waals surface area contributed by atoms with E-state index in [4.69, 9.17) is 14.2 Å². The zero-order valence-corrected chi connectivity index (χ0v) is 14.1. The molecule has 0 saturated carbocycles. The molecule has 3 nitrogen and oxygen atoms in total. The maximum absolute atomic E-state index is 5.99. The first-order chi connectivity index (χ1) is 10.1. The Bertz CT molecular complexity index is 373. The maximum Gasteiger partial charge on any atom is 0.118 e. The fourth-order valence-electron chi connectivity index (χ4n) is 2.28. The molecule has 0 bridgehead atoms. The summed E-state index contributed by atoms with van der Waals surface area (Å²) in [6.45, 7) is 10.1. The summed E-state index contributed by atoms with van der Waals surface area (Å²) in [5.74, 6) is 1.32. The quantitative estimate of drug-likeness (QED) is 0.597. The van der Waals surface area contributed by atoms with Crippen LogP contribution < -0.4 is 4.74 Å². The van der Waals surface area contributed by atoms with E-state index in [0.717, 1.165) is 30.8 Å². The summed E-state index contributed by atoms with van der Waals surface area (Å²) < 4.78 is 17.1. The van der Waals surface area contributed by atoms with E-state index in [1.807, 2.05) is 24.3 Å². The van der Waals surface area contributed by atoms with Gasteiger partial charge in [-0.3, -0.25) is 0 Å². The first kappa shape index (κ1) is 18.0. The Labute approximate surface area is 129 Å². The number of unbranched alkanes of at least 4 members (excludes halogenated alkanes) is 1. The lowest BCUT2D eigenvalue weighted by Crippen LogP contribution is -2.34. The van der Waals surface area contributed by atoms with E-state index in [0.29, 0.717) is 12.5 Å². The second-order valence-electron chi connectivity index (χ2n) is 5.80.